The Kier molecular flexibility index (Phi) is 5.48. The first-order valence-corrected chi connectivity index (χ1v) is 9.56. The molecule has 150 valence electrons. The van der Waals surface area contributed by atoms with Crippen LogP contribution >= 0.6 is 0 Å². The number of benzene rings is 2. The molecule has 0 spiro atoms. The van der Waals surface area contributed by atoms with Crippen LogP contribution in [0.5, 0.6) is 11.5 Å². The van der Waals surface area contributed by atoms with Crippen molar-refractivity contribution < 1.29 is 14.6 Å². The van der Waals surface area contributed by atoms with Crippen LogP contribution in [0.2, 0.25) is 0 Å². The molecule has 2 N–H and O–H groups in total. The predicted molar refractivity (Wildman–Crippen MR) is 111 cm³/mol. The van der Waals surface area contributed by atoms with Crippen molar-refractivity contribution in [2.45, 2.75) is 18.9 Å². The molecule has 4 rings (SSSR count). The number of hydrogen-bond acceptors (Lipinski definition) is 6. The molecule has 7 nitrogen and oxygen atoms in total. The lowest BCUT2D eigenvalue weighted by Crippen LogP contribution is -2.20. The number of fused-ring (bicyclic) bond motifs is 1. The highest BCUT2D eigenvalue weighted by Crippen LogP contribution is 2.36. The first-order chi connectivity index (χ1) is 14.2. The lowest BCUT2D eigenvalue weighted by Gasteiger charge is -2.25. The third-order valence-electron chi connectivity index (χ3n) is 4.90. The van der Waals surface area contributed by atoms with Gasteiger partial charge in [-0.25, -0.2) is 4.68 Å². The summed E-state index contributed by atoms with van der Waals surface area (Å²) in [6.45, 7) is 0.115. The minimum absolute atomic E-state index is 0.115. The van der Waals surface area contributed by atoms with Gasteiger partial charge in [-0.3, -0.25) is 0 Å². The van der Waals surface area contributed by atoms with Crippen LogP contribution in [0.1, 0.15) is 29.4 Å². The molecular weight excluding hydrogens is 368 g/mol. The minimum atomic E-state index is -0.156. The highest BCUT2D eigenvalue weighted by molar-refractivity contribution is 5.77. The molecule has 0 saturated carbocycles. The number of hydrogen-bond donors (Lipinski definition) is 2. The van der Waals surface area contributed by atoms with Crippen molar-refractivity contribution in [3.63, 3.8) is 0 Å². The Morgan fingerprint density at radius 2 is 1.86 bits per heavy atom. The third-order valence-corrected chi connectivity index (χ3v) is 4.90. The van der Waals surface area contributed by atoms with Crippen molar-refractivity contribution in [1.29, 1.82) is 0 Å². The number of aliphatic hydroxyl groups excluding tert-OH is 1. The van der Waals surface area contributed by atoms with E-state index < -0.39 is 0 Å². The fourth-order valence-corrected chi connectivity index (χ4v) is 3.44. The number of aromatic nitrogens is 3. The van der Waals surface area contributed by atoms with Gasteiger partial charge < -0.3 is 19.9 Å². The topological polar surface area (TPSA) is 81.4 Å². The van der Waals surface area contributed by atoms with E-state index in [1.165, 1.54) is 0 Å². The smallest absolute Gasteiger partial charge is 0.226 e. The second-order valence-electron chi connectivity index (χ2n) is 6.75. The Labute approximate surface area is 169 Å². The zero-order valence-electron chi connectivity index (χ0n) is 16.5. The predicted octanol–water partition coefficient (Wildman–Crippen LogP) is 3.28. The van der Waals surface area contributed by atoms with Gasteiger partial charge in [-0.2, -0.15) is 10.1 Å². The van der Waals surface area contributed by atoms with Crippen molar-refractivity contribution >= 4 is 11.6 Å². The second-order valence-corrected chi connectivity index (χ2v) is 6.75. The summed E-state index contributed by atoms with van der Waals surface area (Å²) in [6.07, 6.45) is 3.38. The molecule has 3 aromatic rings. The van der Waals surface area contributed by atoms with Crippen LogP contribution in [0.4, 0.5) is 5.95 Å². The molecule has 0 radical (unpaired) electrons. The lowest BCUT2D eigenvalue weighted by atomic mass is 10.0. The van der Waals surface area contributed by atoms with Gasteiger partial charge in [-0.15, -0.1) is 0 Å². The number of aliphatic hydroxyl groups is 1. The molecule has 1 aliphatic heterocycles. The van der Waals surface area contributed by atoms with E-state index >= 15 is 0 Å². The van der Waals surface area contributed by atoms with Gasteiger partial charge in [-0.05, 0) is 35.8 Å². The van der Waals surface area contributed by atoms with E-state index in [1.54, 1.807) is 14.2 Å². The molecule has 29 heavy (non-hydrogen) atoms. The first kappa shape index (κ1) is 19.0. The summed E-state index contributed by atoms with van der Waals surface area (Å²) < 4.78 is 12.7. The van der Waals surface area contributed by atoms with E-state index in [9.17, 15) is 0 Å². The lowest BCUT2D eigenvalue weighted by molar-refractivity contribution is 0.287. The Morgan fingerprint density at radius 3 is 2.59 bits per heavy atom. The van der Waals surface area contributed by atoms with Crippen molar-refractivity contribution in [3.05, 3.63) is 71.6 Å². The maximum absolute atomic E-state index is 9.14. The minimum Gasteiger partial charge on any atom is -0.493 e. The number of nitrogens with one attached hydrogen (secondary N) is 1. The van der Waals surface area contributed by atoms with E-state index in [2.05, 4.69) is 33.6 Å². The van der Waals surface area contributed by atoms with E-state index in [0.717, 1.165) is 16.8 Å². The molecule has 1 unspecified atom stereocenters. The fourth-order valence-electron chi connectivity index (χ4n) is 3.44. The average molecular weight is 392 g/mol. The van der Waals surface area contributed by atoms with Crippen LogP contribution in [-0.2, 0) is 6.42 Å². The maximum Gasteiger partial charge on any atom is 0.226 e. The number of methoxy groups -OCH3 is 2. The number of anilines is 1. The Morgan fingerprint density at radius 1 is 1.07 bits per heavy atom. The van der Waals surface area contributed by atoms with Crippen LogP contribution in [-0.4, -0.2) is 40.7 Å². The van der Waals surface area contributed by atoms with Crippen molar-refractivity contribution in [2.75, 3.05) is 26.1 Å². The van der Waals surface area contributed by atoms with E-state index in [-0.39, 0.29) is 12.6 Å². The van der Waals surface area contributed by atoms with E-state index in [4.69, 9.17) is 14.6 Å². The Bertz CT molecular complexity index is 1010. The molecule has 2 heterocycles. The van der Waals surface area contributed by atoms with Gasteiger partial charge in [0, 0.05) is 18.7 Å². The number of rotatable bonds is 7. The van der Waals surface area contributed by atoms with Crippen LogP contribution in [0.15, 0.2) is 54.6 Å². The molecule has 2 aromatic carbocycles. The largest absolute Gasteiger partial charge is 0.493 e. The summed E-state index contributed by atoms with van der Waals surface area (Å²) in [5, 5.41) is 17.2. The molecule has 1 aliphatic rings. The summed E-state index contributed by atoms with van der Waals surface area (Å²) in [4.78, 5) is 4.65. The summed E-state index contributed by atoms with van der Waals surface area (Å²) in [5.41, 5.74) is 3.06. The summed E-state index contributed by atoms with van der Waals surface area (Å²) >= 11 is 0. The van der Waals surface area contributed by atoms with Gasteiger partial charge in [0.15, 0.2) is 17.3 Å². The molecule has 1 atom stereocenters. The van der Waals surface area contributed by atoms with Crippen molar-refractivity contribution in [1.82, 2.24) is 14.8 Å². The highest BCUT2D eigenvalue weighted by Gasteiger charge is 2.26. The number of aryl methyl sites for hydroxylation is 1. The fraction of sp³-hybridized carbons (Fsp3) is 0.273. The summed E-state index contributed by atoms with van der Waals surface area (Å²) in [7, 11) is 3.25. The quantitative estimate of drug-likeness (QED) is 0.642. The summed E-state index contributed by atoms with van der Waals surface area (Å²) in [5.74, 6) is 2.73. The van der Waals surface area contributed by atoms with Crippen LogP contribution in [0.3, 0.4) is 0 Å². The molecule has 0 amide bonds. The highest BCUT2D eigenvalue weighted by atomic mass is 16.5. The normalized spacial score (nSPS) is 15.3. The van der Waals surface area contributed by atoms with Gasteiger partial charge in [0.25, 0.3) is 0 Å². The Balaban J connectivity index is 1.79. The average Bonchev–Trinajstić information content (AvgIpc) is 3.20. The Hall–Kier alpha value is -3.32. The van der Waals surface area contributed by atoms with Crippen LogP contribution in [0, 0.1) is 0 Å². The maximum atomic E-state index is 9.14. The molecule has 0 saturated heterocycles. The van der Waals surface area contributed by atoms with E-state index in [0.29, 0.717) is 36.1 Å². The van der Waals surface area contributed by atoms with Gasteiger partial charge >= 0.3 is 0 Å². The standard InChI is InChI=1S/C22H24N4O3/c1-28-19-11-10-16(13-20(19)29-2)18-14-17(15-7-4-3-5-8-15)23-22-24-21(9-6-12-27)25-26(18)22/h3-5,7-8,10-11,13-14,18,27H,6,9,12H2,1-2H3,(H,23,24,25). The second kappa shape index (κ2) is 8.36. The molecule has 0 fully saturated rings. The molecule has 0 bridgehead atoms. The zero-order valence-corrected chi connectivity index (χ0v) is 16.5. The summed E-state index contributed by atoms with van der Waals surface area (Å²) in [6, 6.07) is 15.8. The molecule has 1 aromatic heterocycles. The first-order valence-electron chi connectivity index (χ1n) is 9.56. The van der Waals surface area contributed by atoms with Gasteiger partial charge in [-0.1, -0.05) is 36.4 Å². The number of nitrogens with zero attached hydrogens (tertiary/aromatic N) is 3. The number of ether oxygens (including phenoxy) is 2. The SMILES string of the molecule is COc1ccc(C2C=C(c3ccccc3)Nc3nc(CCCO)nn32)cc1OC. The monoisotopic (exact) mass is 392 g/mol. The molecular formula is C22H24N4O3. The van der Waals surface area contributed by atoms with Gasteiger partial charge in [0.2, 0.25) is 5.95 Å². The van der Waals surface area contributed by atoms with Crippen LogP contribution < -0.4 is 14.8 Å². The van der Waals surface area contributed by atoms with Gasteiger partial charge in [0.1, 0.15) is 6.04 Å². The van der Waals surface area contributed by atoms with Crippen molar-refractivity contribution in [2.24, 2.45) is 0 Å². The molecule has 7 heteroatoms. The van der Waals surface area contributed by atoms with E-state index in [1.807, 2.05) is 41.1 Å². The van der Waals surface area contributed by atoms with Gasteiger partial charge in [0.05, 0.1) is 14.2 Å². The third kappa shape index (κ3) is 3.82. The van der Waals surface area contributed by atoms with Crippen LogP contribution in [0.25, 0.3) is 5.70 Å². The zero-order chi connectivity index (χ0) is 20.2. The van der Waals surface area contributed by atoms with Crippen molar-refractivity contribution in [3.8, 4) is 11.5 Å². The molecule has 0 aliphatic carbocycles. The number of allylic oxidation sites excluding steroid dienone is 1.